The van der Waals surface area contributed by atoms with Crippen molar-refractivity contribution < 1.29 is 9.09 Å². The summed E-state index contributed by atoms with van der Waals surface area (Å²) in [6.07, 6.45) is 1.37. The van der Waals surface area contributed by atoms with Crippen LogP contribution in [0.2, 0.25) is 0 Å². The number of rotatable bonds is 5. The van der Waals surface area contributed by atoms with Crippen LogP contribution in [0, 0.1) is 0 Å². The van der Waals surface area contributed by atoms with Gasteiger partial charge < -0.3 is 10.3 Å². The van der Waals surface area contributed by atoms with Gasteiger partial charge in [0.15, 0.2) is 0 Å². The molecule has 3 nitrogen and oxygen atoms in total. The average molecular weight is 221 g/mol. The number of hydrogen-bond donors (Lipinski definition) is 1. The Labute approximate surface area is 87.9 Å². The van der Waals surface area contributed by atoms with Gasteiger partial charge in [-0.3, -0.25) is 4.57 Å². The van der Waals surface area contributed by atoms with Gasteiger partial charge in [0, 0.05) is 11.3 Å². The predicted octanol–water partition coefficient (Wildman–Crippen LogP) is 2.84. The molecule has 0 aromatic heterocycles. The number of hydrogen-bond acceptors (Lipinski definition) is 3. The summed E-state index contributed by atoms with van der Waals surface area (Å²) in [4.78, 5) is 0. The van der Waals surface area contributed by atoms with Crippen LogP contribution in [-0.4, -0.2) is 24.0 Å². The monoisotopic (exact) mass is 221 g/mol. The smallest absolute Gasteiger partial charge is 0.208 e. The Hall–Kier alpha value is 0.150. The summed E-state index contributed by atoms with van der Waals surface area (Å²) in [7, 11) is -2.56. The maximum absolute atomic E-state index is 12.5. The lowest BCUT2D eigenvalue weighted by atomic mass is 10.3. The molecule has 0 saturated heterocycles. The lowest BCUT2D eigenvalue weighted by molar-refractivity contribution is 0.232. The average Bonchev–Trinajstić information content (AvgIpc) is 1.97. The third kappa shape index (κ3) is 4.12. The fraction of sp³-hybridized carbons (Fsp3) is 1.00. The van der Waals surface area contributed by atoms with Crippen LogP contribution >= 0.6 is 7.37 Å². The molecule has 0 heterocycles. The van der Waals surface area contributed by atoms with Crippen molar-refractivity contribution in [3.63, 3.8) is 0 Å². The summed E-state index contributed by atoms with van der Waals surface area (Å²) in [5.74, 6) is 0. The van der Waals surface area contributed by atoms with Crippen molar-refractivity contribution in [1.29, 1.82) is 0 Å². The molecule has 0 fully saturated rings. The van der Waals surface area contributed by atoms with Crippen LogP contribution in [-0.2, 0) is 9.09 Å². The molecule has 0 saturated carbocycles. The molecule has 0 aliphatic carbocycles. The van der Waals surface area contributed by atoms with E-state index in [4.69, 9.17) is 10.3 Å². The fourth-order valence-electron chi connectivity index (χ4n) is 1.19. The highest BCUT2D eigenvalue weighted by Crippen LogP contribution is 2.59. The largest absolute Gasteiger partial charge is 0.330 e. The van der Waals surface area contributed by atoms with Gasteiger partial charge in [-0.15, -0.1) is 0 Å². The van der Waals surface area contributed by atoms with Gasteiger partial charge in [0.25, 0.3) is 0 Å². The van der Waals surface area contributed by atoms with E-state index >= 15 is 0 Å². The number of nitrogens with two attached hydrogens (primary N) is 1. The van der Waals surface area contributed by atoms with Crippen molar-refractivity contribution in [2.75, 3.05) is 12.7 Å². The zero-order chi connectivity index (χ0) is 11.4. The van der Waals surface area contributed by atoms with Gasteiger partial charge in [-0.2, -0.15) is 0 Å². The summed E-state index contributed by atoms with van der Waals surface area (Å²) >= 11 is 0. The van der Waals surface area contributed by atoms with Crippen LogP contribution in [0.25, 0.3) is 0 Å². The lowest BCUT2D eigenvalue weighted by Gasteiger charge is -2.32. The third-order valence-corrected chi connectivity index (χ3v) is 5.77. The molecule has 0 bridgehead atoms. The summed E-state index contributed by atoms with van der Waals surface area (Å²) < 4.78 is 18.1. The van der Waals surface area contributed by atoms with Gasteiger partial charge in [0.05, 0.1) is 6.10 Å². The van der Waals surface area contributed by atoms with E-state index in [1.807, 2.05) is 34.6 Å². The third-order valence-electron chi connectivity index (χ3n) is 2.06. The summed E-state index contributed by atoms with van der Waals surface area (Å²) in [5.41, 5.74) is 5.43. The minimum absolute atomic E-state index is 0.0119. The fourth-order valence-corrected chi connectivity index (χ4v) is 3.56. The molecular weight excluding hydrogens is 197 g/mol. The van der Waals surface area contributed by atoms with Crippen molar-refractivity contribution in [2.24, 2.45) is 5.73 Å². The molecule has 86 valence electrons. The van der Waals surface area contributed by atoms with Gasteiger partial charge >= 0.3 is 0 Å². The first kappa shape index (κ1) is 14.2. The Bertz CT molecular complexity index is 209. The highest BCUT2D eigenvalue weighted by molar-refractivity contribution is 7.60. The Morgan fingerprint density at radius 2 is 1.86 bits per heavy atom. The van der Waals surface area contributed by atoms with E-state index in [0.29, 0.717) is 12.7 Å². The molecule has 0 aromatic rings. The molecule has 0 radical (unpaired) electrons. The second-order valence-corrected chi connectivity index (χ2v) is 8.21. The molecule has 0 rings (SSSR count). The van der Waals surface area contributed by atoms with Crippen LogP contribution < -0.4 is 5.73 Å². The molecule has 0 amide bonds. The minimum atomic E-state index is -2.56. The van der Waals surface area contributed by atoms with Gasteiger partial charge in [-0.05, 0) is 26.8 Å². The summed E-state index contributed by atoms with van der Waals surface area (Å²) in [6, 6.07) is 0. The second kappa shape index (κ2) is 5.29. The maximum atomic E-state index is 12.5. The molecule has 1 atom stereocenters. The van der Waals surface area contributed by atoms with E-state index in [-0.39, 0.29) is 11.3 Å². The quantitative estimate of drug-likeness (QED) is 0.726. The summed E-state index contributed by atoms with van der Waals surface area (Å²) in [5, 5.41) is -0.285. The lowest BCUT2D eigenvalue weighted by Crippen LogP contribution is -2.22. The Balaban J connectivity index is 4.60. The van der Waals surface area contributed by atoms with Crippen LogP contribution in [0.15, 0.2) is 0 Å². The molecule has 0 aliphatic rings. The van der Waals surface area contributed by atoms with Crippen molar-refractivity contribution in [3.05, 3.63) is 0 Å². The van der Waals surface area contributed by atoms with E-state index in [2.05, 4.69) is 0 Å². The summed E-state index contributed by atoms with van der Waals surface area (Å²) in [6.45, 7) is 10.3. The molecular formula is C10H24NO2P. The van der Waals surface area contributed by atoms with Crippen LogP contribution in [0.4, 0.5) is 0 Å². The predicted molar refractivity (Wildman–Crippen MR) is 62.1 cm³/mol. The van der Waals surface area contributed by atoms with E-state index in [1.54, 1.807) is 0 Å². The maximum Gasteiger partial charge on any atom is 0.208 e. The first-order valence-electron chi connectivity index (χ1n) is 5.20. The van der Waals surface area contributed by atoms with Crippen LogP contribution in [0.3, 0.4) is 0 Å². The molecule has 1 unspecified atom stereocenters. The highest BCUT2D eigenvalue weighted by Gasteiger charge is 2.37. The minimum Gasteiger partial charge on any atom is -0.330 e. The molecule has 0 aliphatic heterocycles. The Kier molecular flexibility index (Phi) is 5.35. The highest BCUT2D eigenvalue weighted by atomic mass is 31.2. The molecule has 2 N–H and O–H groups in total. The topological polar surface area (TPSA) is 52.3 Å². The zero-order valence-corrected chi connectivity index (χ0v) is 10.9. The van der Waals surface area contributed by atoms with E-state index < -0.39 is 7.37 Å². The van der Waals surface area contributed by atoms with E-state index in [1.165, 1.54) is 0 Å². The molecule has 0 spiro atoms. The van der Waals surface area contributed by atoms with Gasteiger partial charge in [0.2, 0.25) is 7.37 Å². The van der Waals surface area contributed by atoms with Crippen molar-refractivity contribution in [2.45, 2.75) is 52.3 Å². The van der Waals surface area contributed by atoms with Gasteiger partial charge in [-0.1, -0.05) is 20.8 Å². The van der Waals surface area contributed by atoms with Crippen LogP contribution in [0.1, 0.15) is 41.0 Å². The molecule has 0 aromatic carbocycles. The standard InChI is InChI=1S/C10H24NO2P/c1-9(2)13-14(12,8-6-7-11)10(3,4)5/h9H,6-8,11H2,1-5H3. The Morgan fingerprint density at radius 3 is 2.14 bits per heavy atom. The first-order valence-corrected chi connectivity index (χ1v) is 7.01. The zero-order valence-electron chi connectivity index (χ0n) is 10.0. The Morgan fingerprint density at radius 1 is 1.36 bits per heavy atom. The van der Waals surface area contributed by atoms with Crippen LogP contribution in [0.5, 0.6) is 0 Å². The molecule has 14 heavy (non-hydrogen) atoms. The normalized spacial score (nSPS) is 17.1. The second-order valence-electron chi connectivity index (χ2n) is 4.86. The molecule has 4 heteroatoms. The van der Waals surface area contributed by atoms with E-state index in [0.717, 1.165) is 6.42 Å². The SMILES string of the molecule is CC(C)OP(=O)(CCCN)C(C)(C)C. The van der Waals surface area contributed by atoms with Crippen molar-refractivity contribution in [1.82, 2.24) is 0 Å². The first-order chi connectivity index (χ1) is 6.23. The van der Waals surface area contributed by atoms with Gasteiger partial charge in [-0.25, -0.2) is 0 Å². The van der Waals surface area contributed by atoms with Gasteiger partial charge in [0.1, 0.15) is 0 Å². The van der Waals surface area contributed by atoms with Crippen molar-refractivity contribution in [3.8, 4) is 0 Å². The van der Waals surface area contributed by atoms with E-state index in [9.17, 15) is 4.57 Å². The van der Waals surface area contributed by atoms with Crippen molar-refractivity contribution >= 4 is 7.37 Å².